The van der Waals surface area contributed by atoms with Gasteiger partial charge in [0.1, 0.15) is 0 Å². The summed E-state index contributed by atoms with van der Waals surface area (Å²) in [5, 5.41) is 13.2. The van der Waals surface area contributed by atoms with Gasteiger partial charge in [0.2, 0.25) is 5.91 Å². The number of thiophene rings is 1. The highest BCUT2D eigenvalue weighted by molar-refractivity contribution is 7.12. The van der Waals surface area contributed by atoms with Gasteiger partial charge in [0.15, 0.2) is 0 Å². The Morgan fingerprint density at radius 1 is 1.59 bits per heavy atom. The molecular weight excluding hydrogens is 240 g/mol. The number of aliphatic hydroxyl groups is 1. The smallest absolute Gasteiger partial charge is 0.261 e. The second kappa shape index (κ2) is 6.36. The Hall–Kier alpha value is -1.40. The molecule has 2 N–H and O–H groups in total. The van der Waals surface area contributed by atoms with Crippen LogP contribution in [0.15, 0.2) is 17.5 Å². The number of amides is 2. The number of carbonyl (C=O) groups excluding carboxylic acids is 2. The Morgan fingerprint density at radius 3 is 2.82 bits per heavy atom. The van der Waals surface area contributed by atoms with Crippen molar-refractivity contribution in [1.82, 2.24) is 10.2 Å². The van der Waals surface area contributed by atoms with Crippen molar-refractivity contribution in [3.63, 3.8) is 0 Å². The molecular formula is C11H16N2O3S. The molecule has 0 saturated carbocycles. The summed E-state index contributed by atoms with van der Waals surface area (Å²) >= 11 is 1.32. The quantitative estimate of drug-likeness (QED) is 0.797. The summed E-state index contributed by atoms with van der Waals surface area (Å²) in [4.78, 5) is 25.2. The Balaban J connectivity index is 2.41. The average molecular weight is 256 g/mol. The normalized spacial score (nSPS) is 11.9. The van der Waals surface area contributed by atoms with Crippen molar-refractivity contribution in [3.8, 4) is 0 Å². The monoisotopic (exact) mass is 256 g/mol. The molecule has 0 aliphatic heterocycles. The van der Waals surface area contributed by atoms with E-state index in [2.05, 4.69) is 5.32 Å². The van der Waals surface area contributed by atoms with Crippen LogP contribution < -0.4 is 5.32 Å². The van der Waals surface area contributed by atoms with Gasteiger partial charge in [-0.25, -0.2) is 0 Å². The molecule has 17 heavy (non-hydrogen) atoms. The fraction of sp³-hybridized carbons (Fsp3) is 0.455. The van der Waals surface area contributed by atoms with E-state index >= 15 is 0 Å². The first-order valence-corrected chi connectivity index (χ1v) is 6.12. The van der Waals surface area contributed by atoms with Crippen molar-refractivity contribution in [2.45, 2.75) is 13.0 Å². The van der Waals surface area contributed by atoms with Gasteiger partial charge in [0.05, 0.1) is 24.1 Å². The highest BCUT2D eigenvalue weighted by Crippen LogP contribution is 2.07. The minimum atomic E-state index is -0.251. The molecule has 0 bridgehead atoms. The molecule has 94 valence electrons. The van der Waals surface area contributed by atoms with Crippen molar-refractivity contribution in [2.24, 2.45) is 0 Å². The molecule has 0 aliphatic carbocycles. The average Bonchev–Trinajstić information content (AvgIpc) is 2.87. The first kappa shape index (κ1) is 13.7. The van der Waals surface area contributed by atoms with Crippen LogP contribution in [0.3, 0.4) is 0 Å². The lowest BCUT2D eigenvalue weighted by Gasteiger charge is -2.23. The SMILES string of the molecule is CC(CO)N(C)C(=O)CNC(=O)c1cccs1. The third-order valence-corrected chi connectivity index (χ3v) is 3.33. The highest BCUT2D eigenvalue weighted by Gasteiger charge is 2.16. The van der Waals surface area contributed by atoms with Gasteiger partial charge in [-0.2, -0.15) is 0 Å². The van der Waals surface area contributed by atoms with E-state index < -0.39 is 0 Å². The molecule has 1 aromatic heterocycles. The van der Waals surface area contributed by atoms with Crippen LogP contribution in [0.2, 0.25) is 0 Å². The van der Waals surface area contributed by atoms with Gasteiger partial charge < -0.3 is 15.3 Å². The van der Waals surface area contributed by atoms with Crippen LogP contribution in [-0.2, 0) is 4.79 Å². The Bertz CT molecular complexity index is 378. The van der Waals surface area contributed by atoms with Gasteiger partial charge in [-0.05, 0) is 18.4 Å². The lowest BCUT2D eigenvalue weighted by molar-refractivity contribution is -0.131. The van der Waals surface area contributed by atoms with Gasteiger partial charge in [0, 0.05) is 7.05 Å². The maximum Gasteiger partial charge on any atom is 0.261 e. The minimum Gasteiger partial charge on any atom is -0.394 e. The number of nitrogens with one attached hydrogen (secondary N) is 1. The number of nitrogens with zero attached hydrogens (tertiary/aromatic N) is 1. The summed E-state index contributed by atoms with van der Waals surface area (Å²) < 4.78 is 0. The number of likely N-dealkylation sites (N-methyl/N-ethyl adjacent to an activating group) is 1. The molecule has 0 aliphatic rings. The molecule has 2 amide bonds. The second-order valence-electron chi connectivity index (χ2n) is 3.70. The molecule has 1 aromatic rings. The van der Waals surface area contributed by atoms with Gasteiger partial charge >= 0.3 is 0 Å². The van der Waals surface area contributed by atoms with Crippen molar-refractivity contribution in [1.29, 1.82) is 0 Å². The van der Waals surface area contributed by atoms with Gasteiger partial charge in [0.25, 0.3) is 5.91 Å². The van der Waals surface area contributed by atoms with E-state index in [9.17, 15) is 9.59 Å². The first-order chi connectivity index (χ1) is 8.06. The molecule has 0 radical (unpaired) electrons. The summed E-state index contributed by atoms with van der Waals surface area (Å²) in [6.07, 6.45) is 0. The fourth-order valence-corrected chi connectivity index (χ4v) is 1.78. The van der Waals surface area contributed by atoms with Crippen molar-refractivity contribution < 1.29 is 14.7 Å². The molecule has 6 heteroatoms. The van der Waals surface area contributed by atoms with Gasteiger partial charge in [-0.3, -0.25) is 9.59 Å². The zero-order chi connectivity index (χ0) is 12.8. The van der Waals surface area contributed by atoms with Crippen LogP contribution in [0.25, 0.3) is 0 Å². The van der Waals surface area contributed by atoms with E-state index in [0.717, 1.165) is 0 Å². The van der Waals surface area contributed by atoms with Crippen LogP contribution in [-0.4, -0.2) is 48.1 Å². The third-order valence-electron chi connectivity index (χ3n) is 2.46. The topological polar surface area (TPSA) is 69.6 Å². The standard InChI is InChI=1S/C11H16N2O3S/c1-8(7-14)13(2)10(15)6-12-11(16)9-4-3-5-17-9/h3-5,8,14H,6-7H2,1-2H3,(H,12,16). The highest BCUT2D eigenvalue weighted by atomic mass is 32.1. The van der Waals surface area contributed by atoms with Crippen LogP contribution >= 0.6 is 11.3 Å². The lowest BCUT2D eigenvalue weighted by atomic mass is 10.3. The molecule has 5 nitrogen and oxygen atoms in total. The summed E-state index contributed by atoms with van der Waals surface area (Å²) in [5.41, 5.74) is 0. The molecule has 1 rings (SSSR count). The predicted molar refractivity (Wildman–Crippen MR) is 66.0 cm³/mol. The lowest BCUT2D eigenvalue weighted by Crippen LogP contribution is -2.43. The summed E-state index contributed by atoms with van der Waals surface area (Å²) in [6, 6.07) is 3.23. The minimum absolute atomic E-state index is 0.0580. The predicted octanol–water partition coefficient (Wildman–Crippen LogP) is 0.317. The second-order valence-corrected chi connectivity index (χ2v) is 4.64. The van der Waals surface area contributed by atoms with Gasteiger partial charge in [-0.1, -0.05) is 6.07 Å². The number of aliphatic hydroxyl groups excluding tert-OH is 1. The van der Waals surface area contributed by atoms with Crippen molar-refractivity contribution >= 4 is 23.2 Å². The zero-order valence-electron chi connectivity index (χ0n) is 9.84. The number of carbonyl (C=O) groups is 2. The van der Waals surface area contributed by atoms with Crippen molar-refractivity contribution in [3.05, 3.63) is 22.4 Å². The van der Waals surface area contributed by atoms with Crippen LogP contribution in [0.4, 0.5) is 0 Å². The number of hydrogen-bond acceptors (Lipinski definition) is 4. The van der Waals surface area contributed by atoms with Crippen LogP contribution in [0, 0.1) is 0 Å². The van der Waals surface area contributed by atoms with E-state index in [0.29, 0.717) is 4.88 Å². The first-order valence-electron chi connectivity index (χ1n) is 5.24. The van der Waals surface area contributed by atoms with Crippen molar-refractivity contribution in [2.75, 3.05) is 20.2 Å². The maximum atomic E-state index is 11.6. The Labute approximate surface area is 104 Å². The molecule has 0 saturated heterocycles. The largest absolute Gasteiger partial charge is 0.394 e. The van der Waals surface area contributed by atoms with Crippen LogP contribution in [0.5, 0.6) is 0 Å². The number of rotatable bonds is 5. The summed E-state index contributed by atoms with van der Waals surface area (Å²) in [5.74, 6) is -0.477. The molecule has 1 atom stereocenters. The molecule has 1 heterocycles. The number of hydrogen-bond donors (Lipinski definition) is 2. The summed E-state index contributed by atoms with van der Waals surface area (Å²) in [6.45, 7) is 1.58. The zero-order valence-corrected chi connectivity index (χ0v) is 10.7. The van der Waals surface area contributed by atoms with E-state index in [-0.39, 0.29) is 31.0 Å². The molecule has 0 spiro atoms. The Morgan fingerprint density at radius 2 is 2.29 bits per heavy atom. The molecule has 1 unspecified atom stereocenters. The Kier molecular flexibility index (Phi) is 5.11. The molecule has 0 aromatic carbocycles. The maximum absolute atomic E-state index is 11.6. The van der Waals surface area contributed by atoms with E-state index in [1.54, 1.807) is 31.5 Å². The van der Waals surface area contributed by atoms with E-state index in [4.69, 9.17) is 5.11 Å². The van der Waals surface area contributed by atoms with E-state index in [1.807, 2.05) is 0 Å². The van der Waals surface area contributed by atoms with E-state index in [1.165, 1.54) is 16.2 Å². The molecule has 0 fully saturated rings. The van der Waals surface area contributed by atoms with Gasteiger partial charge in [-0.15, -0.1) is 11.3 Å². The summed E-state index contributed by atoms with van der Waals surface area (Å²) in [7, 11) is 1.60. The van der Waals surface area contributed by atoms with Crippen LogP contribution in [0.1, 0.15) is 16.6 Å². The fourth-order valence-electron chi connectivity index (χ4n) is 1.14. The third kappa shape index (κ3) is 3.83.